The fourth-order valence-electron chi connectivity index (χ4n) is 2.71. The monoisotopic (exact) mass is 384 g/mol. The molecular formula is C14H16ClF3N2O3S. The highest BCUT2D eigenvalue weighted by molar-refractivity contribution is 7.89. The third-order valence-corrected chi connectivity index (χ3v) is 5.36. The molecule has 1 fully saturated rings. The highest BCUT2D eigenvalue weighted by atomic mass is 35.5. The van der Waals surface area contributed by atoms with Gasteiger partial charge in [0.25, 0.3) is 0 Å². The number of halogens is 4. The maximum absolute atomic E-state index is 12.8. The summed E-state index contributed by atoms with van der Waals surface area (Å²) in [6, 6.07) is 2.85. The first-order valence-corrected chi connectivity index (χ1v) is 9.31. The Morgan fingerprint density at radius 3 is 2.62 bits per heavy atom. The highest BCUT2D eigenvalue weighted by Crippen LogP contribution is 2.40. The van der Waals surface area contributed by atoms with Crippen LogP contribution in [0.3, 0.4) is 0 Å². The molecule has 1 aromatic rings. The summed E-state index contributed by atoms with van der Waals surface area (Å²) >= 11 is 5.60. The molecule has 1 N–H and O–H groups in total. The normalized spacial score (nSPS) is 22.2. The van der Waals surface area contributed by atoms with E-state index in [1.54, 1.807) is 0 Å². The molecule has 1 amide bonds. The number of rotatable bonds is 4. The molecule has 2 unspecified atom stereocenters. The van der Waals surface area contributed by atoms with Crippen LogP contribution < -0.4 is 4.72 Å². The van der Waals surface area contributed by atoms with E-state index in [1.807, 2.05) is 4.72 Å². The van der Waals surface area contributed by atoms with Crippen molar-refractivity contribution in [2.24, 2.45) is 11.8 Å². The molecule has 0 bridgehead atoms. The van der Waals surface area contributed by atoms with Crippen molar-refractivity contribution in [3.63, 3.8) is 0 Å². The molecule has 1 aromatic heterocycles. The van der Waals surface area contributed by atoms with Crippen LogP contribution in [0.5, 0.6) is 0 Å². The number of nitrogens with zero attached hydrogens (tertiary/aromatic N) is 1. The van der Waals surface area contributed by atoms with Crippen molar-refractivity contribution in [1.82, 2.24) is 9.71 Å². The van der Waals surface area contributed by atoms with Crippen molar-refractivity contribution in [1.29, 1.82) is 0 Å². The van der Waals surface area contributed by atoms with Crippen molar-refractivity contribution in [3.8, 4) is 0 Å². The molecule has 1 saturated carbocycles. The number of aromatic nitrogens is 1. The summed E-state index contributed by atoms with van der Waals surface area (Å²) in [5.41, 5.74) is 0.316. The van der Waals surface area contributed by atoms with Crippen molar-refractivity contribution in [2.75, 3.05) is 0 Å². The van der Waals surface area contributed by atoms with Gasteiger partial charge in [-0.2, -0.15) is 13.2 Å². The van der Waals surface area contributed by atoms with E-state index in [0.29, 0.717) is 5.56 Å². The van der Waals surface area contributed by atoms with Gasteiger partial charge in [-0.05, 0) is 30.9 Å². The zero-order chi connectivity index (χ0) is 18.0. The van der Waals surface area contributed by atoms with Gasteiger partial charge >= 0.3 is 6.18 Å². The fraction of sp³-hybridized carbons (Fsp3) is 0.571. The van der Waals surface area contributed by atoms with Gasteiger partial charge in [-0.1, -0.05) is 24.1 Å². The Bertz CT molecular complexity index is 692. The van der Waals surface area contributed by atoms with Crippen LogP contribution in [0.4, 0.5) is 13.2 Å². The molecule has 0 spiro atoms. The average molecular weight is 385 g/mol. The predicted molar refractivity (Wildman–Crippen MR) is 81.5 cm³/mol. The summed E-state index contributed by atoms with van der Waals surface area (Å²) in [4.78, 5) is 15.8. The molecule has 2 rings (SSSR count). The number of carbonyl (C=O) groups excluding carboxylic acids is 1. The first kappa shape index (κ1) is 19.0. The van der Waals surface area contributed by atoms with Crippen LogP contribution in [0.2, 0.25) is 5.15 Å². The Hall–Kier alpha value is -1.35. The lowest BCUT2D eigenvalue weighted by Gasteiger charge is -2.29. The number of sulfonamides is 1. The van der Waals surface area contributed by atoms with Gasteiger partial charge in [0.15, 0.2) is 0 Å². The SMILES string of the molecule is O=C(NS(=O)(=O)Cc1ccc(Cl)nc1)C1CCCC(C(F)(F)F)C1. The van der Waals surface area contributed by atoms with Crippen LogP contribution in [0.1, 0.15) is 31.2 Å². The Morgan fingerprint density at radius 2 is 2.04 bits per heavy atom. The van der Waals surface area contributed by atoms with Crippen LogP contribution in [0, 0.1) is 11.8 Å². The number of carbonyl (C=O) groups is 1. The molecule has 5 nitrogen and oxygen atoms in total. The summed E-state index contributed by atoms with van der Waals surface area (Å²) in [7, 11) is -4.01. The number of pyridine rings is 1. The van der Waals surface area contributed by atoms with Crippen LogP contribution >= 0.6 is 11.6 Å². The molecule has 0 aliphatic heterocycles. The second-order valence-electron chi connectivity index (χ2n) is 5.82. The van der Waals surface area contributed by atoms with Gasteiger partial charge in [-0.3, -0.25) is 9.52 Å². The molecule has 1 heterocycles. The standard InChI is InChI=1S/C14H16ClF3N2O3S/c15-12-5-4-9(7-19-12)8-24(22,23)20-13(21)10-2-1-3-11(6-10)14(16,17)18/h4-5,7,10-11H,1-3,6,8H2,(H,20,21). The molecule has 134 valence electrons. The lowest BCUT2D eigenvalue weighted by atomic mass is 9.81. The van der Waals surface area contributed by atoms with Crippen LogP contribution in [-0.2, 0) is 20.6 Å². The molecule has 1 aliphatic rings. The molecule has 24 heavy (non-hydrogen) atoms. The van der Waals surface area contributed by atoms with E-state index in [9.17, 15) is 26.4 Å². The van der Waals surface area contributed by atoms with E-state index in [1.165, 1.54) is 18.3 Å². The average Bonchev–Trinajstić information content (AvgIpc) is 2.48. The third kappa shape index (κ3) is 5.34. The van der Waals surface area contributed by atoms with Gasteiger partial charge in [0.05, 0.1) is 11.7 Å². The second-order valence-corrected chi connectivity index (χ2v) is 7.93. The van der Waals surface area contributed by atoms with Crippen LogP contribution in [0.15, 0.2) is 18.3 Å². The van der Waals surface area contributed by atoms with Gasteiger partial charge in [0, 0.05) is 12.1 Å². The Kier molecular flexibility index (Phi) is 5.74. The zero-order valence-corrected chi connectivity index (χ0v) is 14.1. The Balaban J connectivity index is 1.98. The summed E-state index contributed by atoms with van der Waals surface area (Å²) in [5, 5.41) is 0.195. The van der Waals surface area contributed by atoms with Crippen molar-refractivity contribution < 1.29 is 26.4 Å². The number of amides is 1. The number of hydrogen-bond donors (Lipinski definition) is 1. The minimum Gasteiger partial charge on any atom is -0.274 e. The lowest BCUT2D eigenvalue weighted by molar-refractivity contribution is -0.186. The largest absolute Gasteiger partial charge is 0.391 e. The summed E-state index contributed by atoms with van der Waals surface area (Å²) < 4.78 is 64.2. The first-order chi connectivity index (χ1) is 11.1. The number of alkyl halides is 3. The van der Waals surface area contributed by atoms with Crippen molar-refractivity contribution in [2.45, 2.75) is 37.6 Å². The van der Waals surface area contributed by atoms with Gasteiger partial charge < -0.3 is 0 Å². The zero-order valence-electron chi connectivity index (χ0n) is 12.5. The molecule has 2 atom stereocenters. The van der Waals surface area contributed by atoms with Gasteiger partial charge in [0.1, 0.15) is 5.15 Å². The Labute approximate surface area is 142 Å². The van der Waals surface area contributed by atoms with Gasteiger partial charge in [0.2, 0.25) is 15.9 Å². The van der Waals surface area contributed by atoms with Gasteiger partial charge in [-0.25, -0.2) is 13.4 Å². The smallest absolute Gasteiger partial charge is 0.274 e. The fourth-order valence-corrected chi connectivity index (χ4v) is 3.98. The van der Waals surface area contributed by atoms with E-state index < -0.39 is 39.7 Å². The van der Waals surface area contributed by atoms with E-state index in [-0.39, 0.29) is 30.8 Å². The molecule has 1 aliphatic carbocycles. The molecule has 10 heteroatoms. The lowest BCUT2D eigenvalue weighted by Crippen LogP contribution is -2.40. The summed E-state index contributed by atoms with van der Waals surface area (Å²) in [6.07, 6.45) is -3.04. The summed E-state index contributed by atoms with van der Waals surface area (Å²) in [6.45, 7) is 0. The maximum atomic E-state index is 12.8. The first-order valence-electron chi connectivity index (χ1n) is 7.28. The molecule has 0 saturated heterocycles. The van der Waals surface area contributed by atoms with E-state index >= 15 is 0 Å². The summed E-state index contributed by atoms with van der Waals surface area (Å²) in [5.74, 6) is -3.90. The maximum Gasteiger partial charge on any atom is 0.391 e. The highest BCUT2D eigenvalue weighted by Gasteiger charge is 2.43. The molecule has 0 aromatic carbocycles. The van der Waals surface area contributed by atoms with E-state index in [4.69, 9.17) is 11.6 Å². The predicted octanol–water partition coefficient (Wildman–Crippen LogP) is 3.05. The second kappa shape index (κ2) is 7.26. The topological polar surface area (TPSA) is 76.1 Å². The Morgan fingerprint density at radius 1 is 1.33 bits per heavy atom. The van der Waals surface area contributed by atoms with Crippen molar-refractivity contribution >= 4 is 27.5 Å². The number of hydrogen-bond acceptors (Lipinski definition) is 4. The quantitative estimate of drug-likeness (QED) is 0.809. The van der Waals surface area contributed by atoms with Gasteiger partial charge in [-0.15, -0.1) is 0 Å². The number of nitrogens with one attached hydrogen (secondary N) is 1. The molecular weight excluding hydrogens is 369 g/mol. The van der Waals surface area contributed by atoms with E-state index in [2.05, 4.69) is 4.98 Å². The minimum atomic E-state index is -4.37. The van der Waals surface area contributed by atoms with Crippen LogP contribution in [0.25, 0.3) is 0 Å². The van der Waals surface area contributed by atoms with E-state index in [0.717, 1.165) is 0 Å². The minimum absolute atomic E-state index is 0.0313. The third-order valence-electron chi connectivity index (χ3n) is 3.91. The van der Waals surface area contributed by atoms with Crippen LogP contribution in [-0.4, -0.2) is 25.5 Å². The molecule has 0 radical (unpaired) electrons. The van der Waals surface area contributed by atoms with Crippen molar-refractivity contribution in [3.05, 3.63) is 29.0 Å².